The summed E-state index contributed by atoms with van der Waals surface area (Å²) in [6.07, 6.45) is 5.98. The van der Waals surface area contributed by atoms with Crippen LogP contribution in [0.25, 0.3) is 0 Å². The number of hydrogen-bond donors (Lipinski definition) is 1. The second-order valence-electron chi connectivity index (χ2n) is 5.55. The van der Waals surface area contributed by atoms with E-state index < -0.39 is 0 Å². The van der Waals surface area contributed by atoms with Gasteiger partial charge in [-0.15, -0.1) is 0 Å². The largest absolute Gasteiger partial charge is 0.309 e. The lowest BCUT2D eigenvalue weighted by atomic mass is 9.91. The van der Waals surface area contributed by atoms with E-state index in [1.165, 1.54) is 31.6 Å². The fourth-order valence-corrected chi connectivity index (χ4v) is 3.56. The van der Waals surface area contributed by atoms with E-state index >= 15 is 0 Å². The molecule has 3 unspecified atom stereocenters. The van der Waals surface area contributed by atoms with Crippen LogP contribution in [-0.4, -0.2) is 47.6 Å². The zero-order valence-electron chi connectivity index (χ0n) is 12.3. The van der Waals surface area contributed by atoms with Gasteiger partial charge in [0.15, 0.2) is 0 Å². The maximum atomic E-state index is 3.75. The summed E-state index contributed by atoms with van der Waals surface area (Å²) in [5.41, 5.74) is 0.317. The maximum Gasteiger partial charge on any atom is 0.0278 e. The summed E-state index contributed by atoms with van der Waals surface area (Å²) in [5, 5.41) is 3.75. The number of rotatable bonds is 6. The van der Waals surface area contributed by atoms with Crippen molar-refractivity contribution in [2.45, 2.75) is 64.6 Å². The van der Waals surface area contributed by atoms with Gasteiger partial charge in [0.2, 0.25) is 0 Å². The van der Waals surface area contributed by atoms with Crippen LogP contribution >= 0.6 is 11.8 Å². The molecule has 1 fully saturated rings. The fourth-order valence-electron chi connectivity index (χ4n) is 2.75. The molecular formula is C14H30N2S. The first kappa shape index (κ1) is 15.3. The second-order valence-corrected chi connectivity index (χ2v) is 6.46. The van der Waals surface area contributed by atoms with Gasteiger partial charge in [-0.3, -0.25) is 4.90 Å². The van der Waals surface area contributed by atoms with Crippen LogP contribution in [0, 0.1) is 0 Å². The minimum atomic E-state index is 0.317. The van der Waals surface area contributed by atoms with Crippen molar-refractivity contribution in [1.82, 2.24) is 10.2 Å². The van der Waals surface area contributed by atoms with Crippen LogP contribution in [0.15, 0.2) is 0 Å². The third-order valence-corrected chi connectivity index (χ3v) is 5.03. The Morgan fingerprint density at radius 2 is 2.12 bits per heavy atom. The van der Waals surface area contributed by atoms with Crippen LogP contribution < -0.4 is 5.32 Å². The lowest BCUT2D eigenvalue weighted by Crippen LogP contribution is -2.65. The lowest BCUT2D eigenvalue weighted by molar-refractivity contribution is 0.0502. The molecule has 1 aliphatic rings. The van der Waals surface area contributed by atoms with Gasteiger partial charge in [0.25, 0.3) is 0 Å². The highest BCUT2D eigenvalue weighted by Crippen LogP contribution is 2.24. The average Bonchev–Trinajstić information content (AvgIpc) is 2.36. The van der Waals surface area contributed by atoms with Crippen molar-refractivity contribution in [1.29, 1.82) is 0 Å². The molecule has 0 bridgehead atoms. The van der Waals surface area contributed by atoms with Crippen LogP contribution in [0.2, 0.25) is 0 Å². The summed E-state index contributed by atoms with van der Waals surface area (Å²) in [5.74, 6) is 1.27. The SMILES string of the molecule is CCC1CNC(C)(CC)CN1C(CC)CSC. The lowest BCUT2D eigenvalue weighted by Gasteiger charge is -2.49. The van der Waals surface area contributed by atoms with E-state index in [-0.39, 0.29) is 0 Å². The Balaban J connectivity index is 2.74. The van der Waals surface area contributed by atoms with Crippen LogP contribution in [0.3, 0.4) is 0 Å². The number of piperazine rings is 1. The van der Waals surface area contributed by atoms with E-state index in [0.717, 1.165) is 18.6 Å². The van der Waals surface area contributed by atoms with Crippen LogP contribution in [0.5, 0.6) is 0 Å². The normalized spacial score (nSPS) is 32.6. The molecule has 0 radical (unpaired) electrons. The van der Waals surface area contributed by atoms with Crippen molar-refractivity contribution in [2.75, 3.05) is 25.1 Å². The summed E-state index contributed by atoms with van der Waals surface area (Å²) in [6, 6.07) is 1.48. The number of hydrogen-bond acceptors (Lipinski definition) is 3. The minimum Gasteiger partial charge on any atom is -0.309 e. The molecule has 1 aliphatic heterocycles. The Morgan fingerprint density at radius 1 is 1.41 bits per heavy atom. The first-order chi connectivity index (χ1) is 8.10. The van der Waals surface area contributed by atoms with Crippen molar-refractivity contribution in [2.24, 2.45) is 0 Å². The summed E-state index contributed by atoms with van der Waals surface area (Å²) < 4.78 is 0. The van der Waals surface area contributed by atoms with E-state index in [2.05, 4.69) is 44.2 Å². The third-order valence-electron chi connectivity index (χ3n) is 4.32. The first-order valence-electron chi connectivity index (χ1n) is 7.09. The minimum absolute atomic E-state index is 0.317. The van der Waals surface area contributed by atoms with Crippen LogP contribution in [-0.2, 0) is 0 Å². The van der Waals surface area contributed by atoms with E-state index in [4.69, 9.17) is 0 Å². The summed E-state index contributed by atoms with van der Waals surface area (Å²) in [6.45, 7) is 11.7. The number of thioether (sulfide) groups is 1. The number of nitrogens with zero attached hydrogens (tertiary/aromatic N) is 1. The molecule has 0 spiro atoms. The Labute approximate surface area is 112 Å². The predicted molar refractivity (Wildman–Crippen MR) is 79.9 cm³/mol. The molecule has 102 valence electrons. The molecule has 3 atom stereocenters. The van der Waals surface area contributed by atoms with E-state index in [1.54, 1.807) is 0 Å². The molecule has 3 heteroatoms. The molecule has 1 N–H and O–H groups in total. The molecule has 1 heterocycles. The Bertz CT molecular complexity index is 222. The van der Waals surface area contributed by atoms with Gasteiger partial charge < -0.3 is 5.32 Å². The zero-order valence-corrected chi connectivity index (χ0v) is 13.1. The molecule has 0 amide bonds. The average molecular weight is 258 g/mol. The Hall–Kier alpha value is 0.270. The molecule has 0 aromatic heterocycles. The molecule has 2 nitrogen and oxygen atoms in total. The quantitative estimate of drug-likeness (QED) is 0.788. The monoisotopic (exact) mass is 258 g/mol. The van der Waals surface area contributed by atoms with Gasteiger partial charge in [-0.25, -0.2) is 0 Å². The van der Waals surface area contributed by atoms with E-state index in [1.807, 2.05) is 11.8 Å². The highest BCUT2D eigenvalue weighted by Gasteiger charge is 2.36. The highest BCUT2D eigenvalue weighted by molar-refractivity contribution is 7.98. The van der Waals surface area contributed by atoms with Crippen LogP contribution in [0.4, 0.5) is 0 Å². The molecule has 17 heavy (non-hydrogen) atoms. The summed E-state index contributed by atoms with van der Waals surface area (Å²) >= 11 is 1.99. The van der Waals surface area contributed by atoms with Crippen molar-refractivity contribution in [3.8, 4) is 0 Å². The van der Waals surface area contributed by atoms with Gasteiger partial charge in [-0.05, 0) is 32.4 Å². The Morgan fingerprint density at radius 3 is 2.59 bits per heavy atom. The predicted octanol–water partition coefficient (Wildman–Crippen LogP) is 2.98. The first-order valence-corrected chi connectivity index (χ1v) is 8.49. The van der Waals surface area contributed by atoms with Crippen molar-refractivity contribution in [3.63, 3.8) is 0 Å². The molecular weight excluding hydrogens is 228 g/mol. The third kappa shape index (κ3) is 3.87. The summed E-state index contributed by atoms with van der Waals surface area (Å²) in [4.78, 5) is 2.77. The van der Waals surface area contributed by atoms with Crippen molar-refractivity contribution >= 4 is 11.8 Å². The molecule has 0 aromatic carbocycles. The molecule has 1 rings (SSSR count). The standard InChI is InChI=1S/C14H30N2S/c1-6-12-9-15-14(4,8-3)11-16(12)13(7-2)10-17-5/h12-13,15H,6-11H2,1-5H3. The van der Waals surface area contributed by atoms with Crippen molar-refractivity contribution in [3.05, 3.63) is 0 Å². The second kappa shape index (κ2) is 7.01. The van der Waals surface area contributed by atoms with E-state index in [0.29, 0.717) is 5.54 Å². The van der Waals surface area contributed by atoms with Crippen LogP contribution in [0.1, 0.15) is 47.0 Å². The summed E-state index contributed by atoms with van der Waals surface area (Å²) in [7, 11) is 0. The molecule has 0 saturated carbocycles. The van der Waals surface area contributed by atoms with Gasteiger partial charge in [0.05, 0.1) is 0 Å². The smallest absolute Gasteiger partial charge is 0.0278 e. The molecule has 1 saturated heterocycles. The van der Waals surface area contributed by atoms with Gasteiger partial charge in [-0.1, -0.05) is 20.8 Å². The van der Waals surface area contributed by atoms with E-state index in [9.17, 15) is 0 Å². The van der Waals surface area contributed by atoms with Gasteiger partial charge in [-0.2, -0.15) is 11.8 Å². The number of nitrogens with one attached hydrogen (secondary N) is 1. The van der Waals surface area contributed by atoms with Gasteiger partial charge >= 0.3 is 0 Å². The van der Waals surface area contributed by atoms with Crippen molar-refractivity contribution < 1.29 is 0 Å². The fraction of sp³-hybridized carbons (Fsp3) is 1.00. The Kier molecular flexibility index (Phi) is 6.32. The zero-order chi connectivity index (χ0) is 12.9. The molecule has 0 aromatic rings. The highest BCUT2D eigenvalue weighted by atomic mass is 32.2. The van der Waals surface area contributed by atoms with Gasteiger partial charge in [0.1, 0.15) is 0 Å². The van der Waals surface area contributed by atoms with Gasteiger partial charge in [0, 0.05) is 36.5 Å². The maximum absolute atomic E-state index is 3.75. The molecule has 0 aliphatic carbocycles. The topological polar surface area (TPSA) is 15.3 Å².